The van der Waals surface area contributed by atoms with Crippen LogP contribution in [-0.4, -0.2) is 64.3 Å². The van der Waals surface area contributed by atoms with Gasteiger partial charge in [0.25, 0.3) is 5.91 Å². The predicted octanol–water partition coefficient (Wildman–Crippen LogP) is 1.65. The zero-order valence-electron chi connectivity index (χ0n) is 16.8. The second-order valence-corrected chi connectivity index (χ2v) is 8.85. The third-order valence-electron chi connectivity index (χ3n) is 4.78. The predicted molar refractivity (Wildman–Crippen MR) is 106 cm³/mol. The number of likely N-dealkylation sites (tertiary alicyclic amines) is 1. The summed E-state index contributed by atoms with van der Waals surface area (Å²) in [6.45, 7) is 4.81. The first-order valence-electron chi connectivity index (χ1n) is 9.29. The van der Waals surface area contributed by atoms with Crippen molar-refractivity contribution in [2.24, 2.45) is 5.92 Å². The first kappa shape index (κ1) is 22.0. The van der Waals surface area contributed by atoms with Gasteiger partial charge in [-0.05, 0) is 51.0 Å². The van der Waals surface area contributed by atoms with E-state index in [-0.39, 0.29) is 17.8 Å². The standard InChI is InChI=1S/C19H28N2O6S/c1-5-26-19(23)15-10-12-21(13-11-15)18(22)14(2)27-17-8-6-16(7-9-17)20(3)28(4,24)25/h6-9,14-15H,5,10-13H2,1-4H3/t14-/m1/s1. The van der Waals surface area contributed by atoms with Gasteiger partial charge in [0.2, 0.25) is 10.0 Å². The maximum absolute atomic E-state index is 12.6. The zero-order chi connectivity index (χ0) is 20.9. The summed E-state index contributed by atoms with van der Waals surface area (Å²) in [5.41, 5.74) is 0.509. The maximum atomic E-state index is 12.6. The molecule has 0 spiro atoms. The number of rotatable bonds is 7. The van der Waals surface area contributed by atoms with Crippen molar-refractivity contribution in [2.45, 2.75) is 32.8 Å². The van der Waals surface area contributed by atoms with Gasteiger partial charge in [0.15, 0.2) is 6.10 Å². The highest BCUT2D eigenvalue weighted by atomic mass is 32.2. The van der Waals surface area contributed by atoms with Crippen molar-refractivity contribution in [3.8, 4) is 5.75 Å². The van der Waals surface area contributed by atoms with Gasteiger partial charge in [-0.1, -0.05) is 0 Å². The topological polar surface area (TPSA) is 93.2 Å². The lowest BCUT2D eigenvalue weighted by Gasteiger charge is -2.32. The molecule has 1 saturated heterocycles. The molecular formula is C19H28N2O6S. The molecule has 8 nitrogen and oxygen atoms in total. The molecule has 28 heavy (non-hydrogen) atoms. The number of anilines is 1. The molecule has 1 aliphatic rings. The van der Waals surface area contributed by atoms with E-state index in [1.54, 1.807) is 43.0 Å². The van der Waals surface area contributed by atoms with Crippen molar-refractivity contribution in [3.63, 3.8) is 0 Å². The fourth-order valence-electron chi connectivity index (χ4n) is 3.03. The number of sulfonamides is 1. The number of carbonyl (C=O) groups is 2. The Kier molecular flexibility index (Phi) is 7.29. The van der Waals surface area contributed by atoms with E-state index in [9.17, 15) is 18.0 Å². The van der Waals surface area contributed by atoms with E-state index in [2.05, 4.69) is 0 Å². The van der Waals surface area contributed by atoms with Crippen molar-refractivity contribution in [1.29, 1.82) is 0 Å². The summed E-state index contributed by atoms with van der Waals surface area (Å²) in [5.74, 6) is -0.00907. The molecule has 1 aromatic carbocycles. The normalized spacial score (nSPS) is 16.4. The summed E-state index contributed by atoms with van der Waals surface area (Å²) in [6.07, 6.45) is 1.62. The largest absolute Gasteiger partial charge is 0.481 e. The molecule has 156 valence electrons. The van der Waals surface area contributed by atoms with Crippen LogP contribution in [0, 0.1) is 5.92 Å². The number of esters is 1. The third-order valence-corrected chi connectivity index (χ3v) is 5.99. The SMILES string of the molecule is CCOC(=O)C1CCN(C(=O)[C@@H](C)Oc2ccc(N(C)S(C)(=O)=O)cc2)CC1. The van der Waals surface area contributed by atoms with Crippen LogP contribution in [0.15, 0.2) is 24.3 Å². The lowest BCUT2D eigenvalue weighted by molar-refractivity contribution is -0.152. The van der Waals surface area contributed by atoms with Crippen LogP contribution in [0.1, 0.15) is 26.7 Å². The maximum Gasteiger partial charge on any atom is 0.309 e. The Morgan fingerprint density at radius 3 is 2.29 bits per heavy atom. The van der Waals surface area contributed by atoms with Crippen molar-refractivity contribution in [3.05, 3.63) is 24.3 Å². The molecule has 1 fully saturated rings. The highest BCUT2D eigenvalue weighted by molar-refractivity contribution is 7.92. The van der Waals surface area contributed by atoms with E-state index < -0.39 is 16.1 Å². The Balaban J connectivity index is 1.90. The van der Waals surface area contributed by atoms with Gasteiger partial charge in [-0.2, -0.15) is 0 Å². The van der Waals surface area contributed by atoms with E-state index >= 15 is 0 Å². The minimum Gasteiger partial charge on any atom is -0.481 e. The van der Waals surface area contributed by atoms with E-state index in [1.807, 2.05) is 0 Å². The zero-order valence-corrected chi connectivity index (χ0v) is 17.6. The number of hydrogen-bond acceptors (Lipinski definition) is 6. The van der Waals surface area contributed by atoms with Crippen LogP contribution in [0.2, 0.25) is 0 Å². The van der Waals surface area contributed by atoms with Crippen LogP contribution in [0.4, 0.5) is 5.69 Å². The summed E-state index contributed by atoms with van der Waals surface area (Å²) in [5, 5.41) is 0. The second-order valence-electron chi connectivity index (χ2n) is 6.84. The van der Waals surface area contributed by atoms with Crippen LogP contribution in [0.5, 0.6) is 5.75 Å². The number of benzene rings is 1. The molecule has 0 saturated carbocycles. The quantitative estimate of drug-likeness (QED) is 0.632. The Morgan fingerprint density at radius 2 is 1.79 bits per heavy atom. The molecule has 2 rings (SSSR count). The lowest BCUT2D eigenvalue weighted by Crippen LogP contribution is -2.45. The Labute approximate surface area is 166 Å². The van der Waals surface area contributed by atoms with Crippen molar-refractivity contribution in [2.75, 3.05) is 37.3 Å². The minimum absolute atomic E-state index is 0.139. The fraction of sp³-hybridized carbons (Fsp3) is 0.579. The molecule has 1 heterocycles. The van der Waals surface area contributed by atoms with Gasteiger partial charge < -0.3 is 14.4 Å². The first-order chi connectivity index (χ1) is 13.1. The number of ether oxygens (including phenoxy) is 2. The molecule has 1 atom stereocenters. The average molecular weight is 413 g/mol. The van der Waals surface area contributed by atoms with Gasteiger partial charge in [0.1, 0.15) is 5.75 Å². The van der Waals surface area contributed by atoms with Crippen LogP contribution < -0.4 is 9.04 Å². The van der Waals surface area contributed by atoms with Gasteiger partial charge in [-0.3, -0.25) is 13.9 Å². The second kappa shape index (κ2) is 9.27. The number of piperidine rings is 1. The molecule has 0 aromatic heterocycles. The van der Waals surface area contributed by atoms with E-state index in [0.717, 1.165) is 6.26 Å². The molecule has 0 N–H and O–H groups in total. The number of hydrogen-bond donors (Lipinski definition) is 0. The smallest absolute Gasteiger partial charge is 0.309 e. The average Bonchev–Trinajstić information content (AvgIpc) is 2.67. The summed E-state index contributed by atoms with van der Waals surface area (Å²) >= 11 is 0. The molecule has 1 aliphatic heterocycles. The summed E-state index contributed by atoms with van der Waals surface area (Å²) in [6, 6.07) is 6.51. The van der Waals surface area contributed by atoms with Crippen LogP contribution in [0.25, 0.3) is 0 Å². The summed E-state index contributed by atoms with van der Waals surface area (Å²) < 4.78 is 35.1. The van der Waals surface area contributed by atoms with Crippen molar-refractivity contribution in [1.82, 2.24) is 4.90 Å². The van der Waals surface area contributed by atoms with Gasteiger partial charge in [-0.15, -0.1) is 0 Å². The Morgan fingerprint density at radius 1 is 1.21 bits per heavy atom. The van der Waals surface area contributed by atoms with Crippen molar-refractivity contribution >= 4 is 27.6 Å². The van der Waals surface area contributed by atoms with E-state index in [0.29, 0.717) is 44.0 Å². The molecule has 0 bridgehead atoms. The molecule has 1 aromatic rings. The highest BCUT2D eigenvalue weighted by Gasteiger charge is 2.30. The monoisotopic (exact) mass is 412 g/mol. The molecule has 0 radical (unpaired) electrons. The summed E-state index contributed by atoms with van der Waals surface area (Å²) in [7, 11) is -1.87. The summed E-state index contributed by atoms with van der Waals surface area (Å²) in [4.78, 5) is 26.1. The van der Waals surface area contributed by atoms with Crippen LogP contribution >= 0.6 is 0 Å². The minimum atomic E-state index is -3.34. The molecule has 9 heteroatoms. The Hall–Kier alpha value is -2.29. The van der Waals surface area contributed by atoms with Gasteiger partial charge in [0, 0.05) is 20.1 Å². The van der Waals surface area contributed by atoms with E-state index in [4.69, 9.17) is 9.47 Å². The van der Waals surface area contributed by atoms with Crippen LogP contribution in [0.3, 0.4) is 0 Å². The lowest BCUT2D eigenvalue weighted by atomic mass is 9.97. The molecule has 0 unspecified atom stereocenters. The third kappa shape index (κ3) is 5.60. The van der Waals surface area contributed by atoms with Gasteiger partial charge >= 0.3 is 5.97 Å². The highest BCUT2D eigenvalue weighted by Crippen LogP contribution is 2.23. The molecular weight excluding hydrogens is 384 g/mol. The number of amides is 1. The van der Waals surface area contributed by atoms with Crippen molar-refractivity contribution < 1.29 is 27.5 Å². The first-order valence-corrected chi connectivity index (χ1v) is 11.1. The molecule has 1 amide bonds. The fourth-order valence-corrected chi connectivity index (χ4v) is 3.54. The number of nitrogens with zero attached hydrogens (tertiary/aromatic N) is 2. The van der Waals surface area contributed by atoms with Gasteiger partial charge in [-0.25, -0.2) is 8.42 Å². The molecule has 0 aliphatic carbocycles. The van der Waals surface area contributed by atoms with E-state index in [1.165, 1.54) is 11.4 Å². The Bertz CT molecular complexity index is 785. The number of carbonyl (C=O) groups excluding carboxylic acids is 2. The van der Waals surface area contributed by atoms with Gasteiger partial charge in [0.05, 0.1) is 24.5 Å². The van der Waals surface area contributed by atoms with Crippen LogP contribution in [-0.2, 0) is 24.3 Å².